The molecule has 0 aliphatic carbocycles. The van der Waals surface area contributed by atoms with Crippen molar-refractivity contribution in [2.24, 2.45) is 5.73 Å². The third-order valence-corrected chi connectivity index (χ3v) is 1.50. The highest BCUT2D eigenvalue weighted by Gasteiger charge is 1.91. The Labute approximate surface area is 71.3 Å². The fourth-order valence-electron chi connectivity index (χ4n) is 0.901. The van der Waals surface area contributed by atoms with Crippen LogP contribution in [0, 0.1) is 0 Å². The van der Waals surface area contributed by atoms with Gasteiger partial charge >= 0.3 is 0 Å². The van der Waals surface area contributed by atoms with Gasteiger partial charge in [-0.3, -0.25) is 0 Å². The summed E-state index contributed by atoms with van der Waals surface area (Å²) in [5.74, 6) is 0.774. The summed E-state index contributed by atoms with van der Waals surface area (Å²) >= 11 is 0. The van der Waals surface area contributed by atoms with Crippen LogP contribution in [0.4, 0.5) is 0 Å². The van der Waals surface area contributed by atoms with E-state index in [-0.39, 0.29) is 0 Å². The highest BCUT2D eigenvalue weighted by molar-refractivity contribution is 5.34. The van der Waals surface area contributed by atoms with E-state index in [1.807, 2.05) is 25.2 Å². The minimum absolute atomic E-state index is 0.423. The molecule has 3 nitrogen and oxygen atoms in total. The van der Waals surface area contributed by atoms with E-state index in [2.05, 4.69) is 16.5 Å². The standard InChI is InChI=1S/C9H13N3/c1-3-4-5-8-7(2)11-9(6-10)12-8/h3-5H,2,6,10H2,1H3,(H,11,12)/b4-3-,8-5+. The number of hydrogen-bond acceptors (Lipinski definition) is 2. The molecule has 0 amide bonds. The molecule has 0 bridgehead atoms. The number of aromatic amines is 1. The number of hydrogen-bond donors (Lipinski definition) is 2. The molecule has 1 aromatic heterocycles. The third kappa shape index (κ3) is 1.83. The van der Waals surface area contributed by atoms with Gasteiger partial charge in [-0.1, -0.05) is 18.7 Å². The number of nitrogens with two attached hydrogens (primary N) is 1. The summed E-state index contributed by atoms with van der Waals surface area (Å²) in [7, 11) is 0. The Hall–Kier alpha value is -1.35. The van der Waals surface area contributed by atoms with Crippen molar-refractivity contribution in [1.29, 1.82) is 0 Å². The van der Waals surface area contributed by atoms with Gasteiger partial charge in [0.1, 0.15) is 5.82 Å². The van der Waals surface area contributed by atoms with E-state index in [1.165, 1.54) is 0 Å². The first-order chi connectivity index (χ1) is 5.77. The summed E-state index contributed by atoms with van der Waals surface area (Å²) < 4.78 is 0. The number of allylic oxidation sites excluding steroid dienone is 2. The van der Waals surface area contributed by atoms with Gasteiger partial charge in [-0.05, 0) is 13.0 Å². The summed E-state index contributed by atoms with van der Waals surface area (Å²) in [6, 6.07) is 0. The van der Waals surface area contributed by atoms with E-state index >= 15 is 0 Å². The normalized spacial score (nSPS) is 13.0. The minimum atomic E-state index is 0.423. The molecular weight excluding hydrogens is 150 g/mol. The Morgan fingerprint density at radius 2 is 2.42 bits per heavy atom. The monoisotopic (exact) mass is 163 g/mol. The van der Waals surface area contributed by atoms with Gasteiger partial charge in [0.25, 0.3) is 0 Å². The zero-order valence-corrected chi connectivity index (χ0v) is 7.17. The second-order valence-electron chi connectivity index (χ2n) is 2.44. The molecule has 3 N–H and O–H groups in total. The molecule has 3 heteroatoms. The highest BCUT2D eigenvalue weighted by atomic mass is 14.9. The van der Waals surface area contributed by atoms with Crippen LogP contribution in [0.15, 0.2) is 12.2 Å². The maximum atomic E-state index is 5.41. The third-order valence-electron chi connectivity index (χ3n) is 1.50. The van der Waals surface area contributed by atoms with Gasteiger partial charge in [0.15, 0.2) is 0 Å². The fourth-order valence-corrected chi connectivity index (χ4v) is 0.901. The van der Waals surface area contributed by atoms with E-state index in [0.717, 1.165) is 16.5 Å². The Morgan fingerprint density at radius 3 is 2.92 bits per heavy atom. The average molecular weight is 163 g/mol. The summed E-state index contributed by atoms with van der Waals surface area (Å²) in [6.45, 7) is 6.18. The molecule has 0 aliphatic rings. The van der Waals surface area contributed by atoms with Gasteiger partial charge in [-0.2, -0.15) is 0 Å². The maximum absolute atomic E-state index is 5.41. The number of nitrogens with zero attached hydrogens (tertiary/aromatic N) is 1. The SMILES string of the molecule is C=c1[nH]c(CN)n/c1=C/C=C\C. The molecule has 0 unspecified atom stereocenters. The van der Waals surface area contributed by atoms with E-state index < -0.39 is 0 Å². The summed E-state index contributed by atoms with van der Waals surface area (Å²) in [5.41, 5.74) is 5.41. The molecule has 0 saturated heterocycles. The van der Waals surface area contributed by atoms with Crippen LogP contribution >= 0.6 is 0 Å². The number of H-pyrrole nitrogens is 1. The molecule has 0 fully saturated rings. The fraction of sp³-hybridized carbons (Fsp3) is 0.222. The van der Waals surface area contributed by atoms with E-state index in [4.69, 9.17) is 5.73 Å². The lowest BCUT2D eigenvalue weighted by atomic mass is 10.4. The predicted octanol–water partition coefficient (Wildman–Crippen LogP) is -0.365. The molecule has 0 radical (unpaired) electrons. The van der Waals surface area contributed by atoms with Crippen LogP contribution in [0.25, 0.3) is 12.7 Å². The molecule has 0 aromatic carbocycles. The quantitative estimate of drug-likeness (QED) is 0.625. The summed E-state index contributed by atoms with van der Waals surface area (Å²) in [6.07, 6.45) is 5.76. The molecule has 1 heterocycles. The van der Waals surface area contributed by atoms with Crippen molar-refractivity contribution in [1.82, 2.24) is 9.97 Å². The van der Waals surface area contributed by atoms with Gasteiger partial charge in [0.2, 0.25) is 0 Å². The van der Waals surface area contributed by atoms with E-state index in [0.29, 0.717) is 6.54 Å². The first-order valence-corrected chi connectivity index (χ1v) is 3.85. The first kappa shape index (κ1) is 8.74. The Morgan fingerprint density at radius 1 is 1.67 bits per heavy atom. The zero-order valence-electron chi connectivity index (χ0n) is 7.17. The maximum Gasteiger partial charge on any atom is 0.121 e. The largest absolute Gasteiger partial charge is 0.341 e. The van der Waals surface area contributed by atoms with Crippen LogP contribution in [0.1, 0.15) is 12.7 Å². The van der Waals surface area contributed by atoms with Crippen molar-refractivity contribution in [3.05, 3.63) is 28.7 Å². The first-order valence-electron chi connectivity index (χ1n) is 3.85. The number of rotatable bonds is 2. The second kappa shape index (κ2) is 3.88. The van der Waals surface area contributed by atoms with Crippen LogP contribution in [-0.2, 0) is 6.54 Å². The topological polar surface area (TPSA) is 54.7 Å². The summed E-state index contributed by atoms with van der Waals surface area (Å²) in [5, 5.41) is 1.67. The Bertz CT molecular complexity index is 373. The predicted molar refractivity (Wildman–Crippen MR) is 50.5 cm³/mol. The van der Waals surface area contributed by atoms with Crippen LogP contribution in [0.5, 0.6) is 0 Å². The van der Waals surface area contributed by atoms with Gasteiger partial charge in [-0.25, -0.2) is 4.98 Å². The molecule has 1 rings (SSSR count). The molecule has 12 heavy (non-hydrogen) atoms. The van der Waals surface area contributed by atoms with Crippen molar-refractivity contribution < 1.29 is 0 Å². The lowest BCUT2D eigenvalue weighted by Crippen LogP contribution is -2.21. The van der Waals surface area contributed by atoms with Crippen LogP contribution in [0.2, 0.25) is 0 Å². The number of aromatic nitrogens is 2. The van der Waals surface area contributed by atoms with Gasteiger partial charge in [0, 0.05) is 0 Å². The van der Waals surface area contributed by atoms with Crippen molar-refractivity contribution in [3.8, 4) is 0 Å². The van der Waals surface area contributed by atoms with Crippen LogP contribution in [0.3, 0.4) is 0 Å². The smallest absolute Gasteiger partial charge is 0.121 e. The van der Waals surface area contributed by atoms with Crippen molar-refractivity contribution in [2.45, 2.75) is 13.5 Å². The van der Waals surface area contributed by atoms with Crippen molar-refractivity contribution in [3.63, 3.8) is 0 Å². The minimum Gasteiger partial charge on any atom is -0.341 e. The molecule has 0 aliphatic heterocycles. The van der Waals surface area contributed by atoms with Gasteiger partial charge in [-0.15, -0.1) is 0 Å². The van der Waals surface area contributed by atoms with E-state index in [1.54, 1.807) is 0 Å². The van der Waals surface area contributed by atoms with Crippen LogP contribution < -0.4 is 16.4 Å². The van der Waals surface area contributed by atoms with Gasteiger partial charge < -0.3 is 10.7 Å². The van der Waals surface area contributed by atoms with Crippen LogP contribution in [-0.4, -0.2) is 9.97 Å². The molecule has 0 spiro atoms. The van der Waals surface area contributed by atoms with E-state index in [9.17, 15) is 0 Å². The lowest BCUT2D eigenvalue weighted by molar-refractivity contribution is 0.943. The Balaban J connectivity index is 3.16. The van der Waals surface area contributed by atoms with Gasteiger partial charge in [0.05, 0.1) is 17.2 Å². The van der Waals surface area contributed by atoms with Crippen molar-refractivity contribution in [2.75, 3.05) is 0 Å². The molecular formula is C9H13N3. The van der Waals surface area contributed by atoms with Crippen molar-refractivity contribution >= 4 is 12.7 Å². The molecule has 64 valence electrons. The molecule has 1 aromatic rings. The highest BCUT2D eigenvalue weighted by Crippen LogP contribution is 1.75. The molecule has 0 atom stereocenters. The zero-order chi connectivity index (χ0) is 8.97. The average Bonchev–Trinajstić information content (AvgIpc) is 2.43. The second-order valence-corrected chi connectivity index (χ2v) is 2.44. The Kier molecular flexibility index (Phi) is 2.82. The lowest BCUT2D eigenvalue weighted by Gasteiger charge is -1.81. The summed E-state index contributed by atoms with van der Waals surface area (Å²) in [4.78, 5) is 7.21. The number of imidazole rings is 1. The number of nitrogens with one attached hydrogen (secondary N) is 1. The molecule has 0 saturated carbocycles.